The van der Waals surface area contributed by atoms with Crippen LogP contribution in [0, 0.1) is 0 Å². The molecular weight excluding hydrogens is 168 g/mol. The minimum absolute atomic E-state index is 0.305. The summed E-state index contributed by atoms with van der Waals surface area (Å²) in [5.74, 6) is -0.305. The number of nitrogens with zero attached hydrogens (tertiary/aromatic N) is 2. The summed E-state index contributed by atoms with van der Waals surface area (Å²) < 4.78 is 28.1. The van der Waals surface area contributed by atoms with Gasteiger partial charge in [0.15, 0.2) is 5.82 Å². The maximum atomic E-state index is 11.9. The van der Waals surface area contributed by atoms with Gasteiger partial charge in [-0.15, -0.1) is 0 Å². The number of rotatable bonds is 4. The Morgan fingerprint density at radius 1 is 1.58 bits per heavy atom. The Bertz CT molecular complexity index is 238. The summed E-state index contributed by atoms with van der Waals surface area (Å²) in [5.41, 5.74) is 0. The predicted molar refractivity (Wildman–Crippen MR) is 36.9 cm³/mol. The van der Waals surface area contributed by atoms with Crippen molar-refractivity contribution in [1.29, 1.82) is 0 Å². The van der Waals surface area contributed by atoms with Gasteiger partial charge >= 0.3 is 6.43 Å². The van der Waals surface area contributed by atoms with E-state index < -0.39 is 12.3 Å². The molecule has 0 atom stereocenters. The fourth-order valence-corrected chi connectivity index (χ4v) is 0.694. The largest absolute Gasteiger partial charge is 0.333 e. The van der Waals surface area contributed by atoms with Crippen LogP contribution in [-0.2, 0) is 6.42 Å². The van der Waals surface area contributed by atoms with E-state index in [0.717, 1.165) is 0 Å². The highest BCUT2D eigenvalue weighted by Gasteiger charge is 2.15. The maximum absolute atomic E-state index is 11.9. The Kier molecular flexibility index (Phi) is 3.09. The molecule has 4 nitrogen and oxygen atoms in total. The van der Waals surface area contributed by atoms with Crippen LogP contribution in [0.4, 0.5) is 8.78 Å². The smallest absolute Gasteiger partial charge is 0.315 e. The lowest BCUT2D eigenvalue weighted by molar-refractivity contribution is 0.106. The zero-order chi connectivity index (χ0) is 8.97. The topological polar surface area (TPSA) is 51.0 Å². The minimum atomic E-state index is -2.68. The third-order valence-corrected chi connectivity index (χ3v) is 1.27. The average molecular weight is 177 g/mol. The molecule has 0 saturated heterocycles. The first-order valence-electron chi connectivity index (χ1n) is 3.49. The van der Waals surface area contributed by atoms with E-state index in [-0.39, 0.29) is 0 Å². The Labute approximate surface area is 68.0 Å². The molecule has 0 radical (unpaired) electrons. The number of nitrogens with one attached hydrogen (secondary N) is 1. The van der Waals surface area contributed by atoms with E-state index in [9.17, 15) is 8.78 Å². The minimum Gasteiger partial charge on any atom is -0.333 e. The van der Waals surface area contributed by atoms with Gasteiger partial charge in [-0.05, 0) is 7.05 Å². The summed E-state index contributed by atoms with van der Waals surface area (Å²) in [6, 6.07) is 0. The van der Waals surface area contributed by atoms with Gasteiger partial charge in [-0.1, -0.05) is 5.16 Å². The molecule has 0 aliphatic rings. The average Bonchev–Trinajstić information content (AvgIpc) is 2.48. The summed E-state index contributed by atoms with van der Waals surface area (Å²) in [4.78, 5) is 3.48. The zero-order valence-electron chi connectivity index (χ0n) is 6.55. The van der Waals surface area contributed by atoms with E-state index in [0.29, 0.717) is 18.8 Å². The Morgan fingerprint density at radius 2 is 2.33 bits per heavy atom. The summed E-state index contributed by atoms with van der Waals surface area (Å²) in [6.07, 6.45) is -2.19. The Morgan fingerprint density at radius 3 is 2.83 bits per heavy atom. The van der Waals surface area contributed by atoms with Crippen LogP contribution in [0.1, 0.15) is 18.1 Å². The van der Waals surface area contributed by atoms with Gasteiger partial charge in [0.1, 0.15) is 0 Å². The SMILES string of the molecule is CNCCc1noc(C(F)F)n1. The lowest BCUT2D eigenvalue weighted by atomic mass is 10.4. The molecule has 0 aromatic carbocycles. The highest BCUT2D eigenvalue weighted by Crippen LogP contribution is 2.15. The monoisotopic (exact) mass is 177 g/mol. The molecule has 1 N–H and O–H groups in total. The maximum Gasteiger partial charge on any atom is 0.315 e. The van der Waals surface area contributed by atoms with Crippen LogP contribution in [0.15, 0.2) is 4.52 Å². The number of hydrogen-bond donors (Lipinski definition) is 1. The van der Waals surface area contributed by atoms with Crippen LogP contribution in [0.5, 0.6) is 0 Å². The van der Waals surface area contributed by atoms with Crippen molar-refractivity contribution in [2.45, 2.75) is 12.8 Å². The lowest BCUT2D eigenvalue weighted by Gasteiger charge is -1.90. The molecular formula is C6H9F2N3O. The number of alkyl halides is 2. The van der Waals surface area contributed by atoms with E-state index in [4.69, 9.17) is 0 Å². The molecule has 0 aliphatic carbocycles. The second-order valence-corrected chi connectivity index (χ2v) is 2.20. The van der Waals surface area contributed by atoms with E-state index >= 15 is 0 Å². The molecule has 1 heterocycles. The fourth-order valence-electron chi connectivity index (χ4n) is 0.694. The van der Waals surface area contributed by atoms with Crippen molar-refractivity contribution < 1.29 is 13.3 Å². The third-order valence-electron chi connectivity index (χ3n) is 1.27. The fraction of sp³-hybridized carbons (Fsp3) is 0.667. The molecule has 1 aromatic rings. The highest BCUT2D eigenvalue weighted by atomic mass is 19.3. The molecule has 0 unspecified atom stereocenters. The van der Waals surface area contributed by atoms with Crippen LogP contribution in [0.3, 0.4) is 0 Å². The Balaban J connectivity index is 2.52. The molecule has 0 saturated carbocycles. The number of hydrogen-bond acceptors (Lipinski definition) is 4. The molecule has 1 rings (SSSR count). The summed E-state index contributed by atoms with van der Waals surface area (Å²) in [7, 11) is 1.76. The normalized spacial score (nSPS) is 11.0. The van der Waals surface area contributed by atoms with Crippen molar-refractivity contribution in [3.63, 3.8) is 0 Å². The van der Waals surface area contributed by atoms with E-state index in [1.54, 1.807) is 7.05 Å². The lowest BCUT2D eigenvalue weighted by Crippen LogP contribution is -2.11. The summed E-state index contributed by atoms with van der Waals surface area (Å²) in [5, 5.41) is 6.21. The van der Waals surface area contributed by atoms with Crippen molar-refractivity contribution in [3.8, 4) is 0 Å². The number of likely N-dealkylation sites (N-methyl/N-ethyl adjacent to an activating group) is 1. The third kappa shape index (κ3) is 2.23. The van der Waals surface area contributed by atoms with Gasteiger partial charge < -0.3 is 9.84 Å². The van der Waals surface area contributed by atoms with Crippen LogP contribution in [0.25, 0.3) is 0 Å². The second kappa shape index (κ2) is 4.10. The highest BCUT2D eigenvalue weighted by molar-refractivity contribution is 4.87. The summed E-state index contributed by atoms with van der Waals surface area (Å²) in [6.45, 7) is 0.641. The molecule has 0 amide bonds. The van der Waals surface area contributed by atoms with Gasteiger partial charge in [0.25, 0.3) is 5.89 Å². The first kappa shape index (κ1) is 9.05. The standard InChI is InChI=1S/C6H9F2N3O/c1-9-3-2-4-10-6(5(7)8)12-11-4/h5,9H,2-3H2,1H3. The van der Waals surface area contributed by atoms with E-state index in [1.807, 2.05) is 0 Å². The van der Waals surface area contributed by atoms with Crippen molar-refractivity contribution >= 4 is 0 Å². The number of halogens is 2. The summed E-state index contributed by atoms with van der Waals surface area (Å²) >= 11 is 0. The first-order chi connectivity index (χ1) is 5.74. The van der Waals surface area contributed by atoms with Crippen molar-refractivity contribution in [1.82, 2.24) is 15.5 Å². The van der Waals surface area contributed by atoms with Crippen molar-refractivity contribution in [2.75, 3.05) is 13.6 Å². The van der Waals surface area contributed by atoms with Gasteiger partial charge in [0, 0.05) is 13.0 Å². The quantitative estimate of drug-likeness (QED) is 0.738. The van der Waals surface area contributed by atoms with Gasteiger partial charge in [0.2, 0.25) is 0 Å². The van der Waals surface area contributed by atoms with Crippen molar-refractivity contribution in [3.05, 3.63) is 11.7 Å². The van der Waals surface area contributed by atoms with Gasteiger partial charge in [-0.25, -0.2) is 0 Å². The van der Waals surface area contributed by atoms with E-state index in [2.05, 4.69) is 20.0 Å². The molecule has 68 valence electrons. The molecule has 0 fully saturated rings. The zero-order valence-corrected chi connectivity index (χ0v) is 6.55. The molecule has 6 heteroatoms. The van der Waals surface area contributed by atoms with Gasteiger partial charge in [0.05, 0.1) is 0 Å². The van der Waals surface area contributed by atoms with Gasteiger partial charge in [-0.3, -0.25) is 0 Å². The first-order valence-corrected chi connectivity index (χ1v) is 3.49. The van der Waals surface area contributed by atoms with Gasteiger partial charge in [-0.2, -0.15) is 13.8 Å². The molecule has 0 aliphatic heterocycles. The van der Waals surface area contributed by atoms with Crippen LogP contribution in [-0.4, -0.2) is 23.7 Å². The predicted octanol–water partition coefficient (Wildman–Crippen LogP) is 0.769. The Hall–Kier alpha value is -1.04. The molecule has 1 aromatic heterocycles. The van der Waals surface area contributed by atoms with Crippen LogP contribution < -0.4 is 5.32 Å². The molecule has 12 heavy (non-hydrogen) atoms. The molecule has 0 bridgehead atoms. The molecule has 0 spiro atoms. The van der Waals surface area contributed by atoms with Crippen molar-refractivity contribution in [2.24, 2.45) is 0 Å². The number of aromatic nitrogens is 2. The second-order valence-electron chi connectivity index (χ2n) is 2.20. The van der Waals surface area contributed by atoms with Crippen LogP contribution in [0.2, 0.25) is 0 Å². The van der Waals surface area contributed by atoms with Crippen LogP contribution >= 0.6 is 0 Å². The van der Waals surface area contributed by atoms with E-state index in [1.165, 1.54) is 0 Å².